The maximum atomic E-state index is 13.4. The van der Waals surface area contributed by atoms with Crippen LogP contribution < -0.4 is 5.32 Å². The van der Waals surface area contributed by atoms with Crippen molar-refractivity contribution in [2.45, 2.75) is 44.4 Å². The Balaban J connectivity index is 1.15. The van der Waals surface area contributed by atoms with Gasteiger partial charge in [-0.2, -0.15) is 0 Å². The van der Waals surface area contributed by atoms with Crippen molar-refractivity contribution in [3.8, 4) is 0 Å². The van der Waals surface area contributed by atoms with Gasteiger partial charge < -0.3 is 14.7 Å². The molecule has 1 aliphatic carbocycles. The van der Waals surface area contributed by atoms with Crippen molar-refractivity contribution < 1.29 is 8.91 Å². The molecule has 7 heteroatoms. The highest BCUT2D eigenvalue weighted by Crippen LogP contribution is 2.32. The van der Waals surface area contributed by atoms with Crippen molar-refractivity contribution in [3.63, 3.8) is 0 Å². The molecule has 2 aliphatic rings. The van der Waals surface area contributed by atoms with Crippen LogP contribution in [0.5, 0.6) is 0 Å². The van der Waals surface area contributed by atoms with Gasteiger partial charge in [-0.25, -0.2) is 14.4 Å². The van der Waals surface area contributed by atoms with Crippen molar-refractivity contribution in [2.75, 3.05) is 31.5 Å². The molecular formula is C22H26FN5O. The average molecular weight is 395 g/mol. The molecule has 0 unspecified atom stereocenters. The molecule has 5 rings (SSSR count). The molecule has 1 saturated heterocycles. The lowest BCUT2D eigenvalue weighted by Gasteiger charge is -2.31. The van der Waals surface area contributed by atoms with Crippen molar-refractivity contribution in [2.24, 2.45) is 0 Å². The molecule has 0 saturated carbocycles. The van der Waals surface area contributed by atoms with Crippen LogP contribution in [0.4, 0.5) is 10.2 Å². The maximum absolute atomic E-state index is 13.4. The Hall–Kier alpha value is -2.54. The van der Waals surface area contributed by atoms with Crippen LogP contribution in [-0.2, 0) is 12.8 Å². The summed E-state index contributed by atoms with van der Waals surface area (Å²) in [5.74, 6) is 1.11. The molecule has 0 spiro atoms. The highest BCUT2D eigenvalue weighted by atomic mass is 19.1. The van der Waals surface area contributed by atoms with Crippen LogP contribution in [-0.4, -0.2) is 46.2 Å². The summed E-state index contributed by atoms with van der Waals surface area (Å²) in [4.78, 5) is 11.4. The van der Waals surface area contributed by atoms with Crippen molar-refractivity contribution in [1.82, 2.24) is 20.0 Å². The van der Waals surface area contributed by atoms with Gasteiger partial charge in [0.2, 0.25) is 0 Å². The Morgan fingerprint density at radius 1 is 1.14 bits per heavy atom. The van der Waals surface area contributed by atoms with E-state index < -0.39 is 0 Å². The standard InChI is InChI=1S/C22H26FN5O/c23-16-5-6-18-20(13-16)29-27-21(18)15-7-10-28(11-8-15)12-9-24-22-17-3-1-2-4-19(17)25-14-26-22/h5-6,13-15H,1-4,7-12H2,(H,24,25,26). The number of aryl methyl sites for hydroxylation is 1. The van der Waals surface area contributed by atoms with Crippen molar-refractivity contribution in [3.05, 3.63) is 47.3 Å². The summed E-state index contributed by atoms with van der Waals surface area (Å²) >= 11 is 0. The largest absolute Gasteiger partial charge is 0.368 e. The Kier molecular flexibility index (Phi) is 5.14. The number of hydrogen-bond donors (Lipinski definition) is 1. The molecule has 1 aromatic carbocycles. The zero-order chi connectivity index (χ0) is 19.6. The molecule has 1 aliphatic heterocycles. The lowest BCUT2D eigenvalue weighted by molar-refractivity contribution is 0.216. The molecule has 0 amide bonds. The fourth-order valence-electron chi connectivity index (χ4n) is 4.66. The van der Waals surface area contributed by atoms with Crippen molar-refractivity contribution >= 4 is 16.8 Å². The maximum Gasteiger partial charge on any atom is 0.170 e. The first-order valence-electron chi connectivity index (χ1n) is 10.6. The monoisotopic (exact) mass is 395 g/mol. The third kappa shape index (κ3) is 3.83. The van der Waals surface area contributed by atoms with Crippen LogP contribution in [0.3, 0.4) is 0 Å². The fourth-order valence-corrected chi connectivity index (χ4v) is 4.66. The highest BCUT2D eigenvalue weighted by molar-refractivity contribution is 5.79. The van der Waals surface area contributed by atoms with E-state index in [2.05, 4.69) is 25.3 Å². The predicted molar refractivity (Wildman–Crippen MR) is 110 cm³/mol. The minimum atomic E-state index is -0.285. The molecule has 0 radical (unpaired) electrons. The Morgan fingerprint density at radius 3 is 2.90 bits per heavy atom. The van der Waals surface area contributed by atoms with Gasteiger partial charge in [-0.15, -0.1) is 0 Å². The number of benzene rings is 1. The molecule has 2 aromatic heterocycles. The van der Waals surface area contributed by atoms with Gasteiger partial charge in [0.1, 0.15) is 18.0 Å². The Bertz CT molecular complexity index is 996. The smallest absolute Gasteiger partial charge is 0.170 e. The quantitative estimate of drug-likeness (QED) is 0.706. The number of halogens is 1. The number of aromatic nitrogens is 3. The van der Waals surface area contributed by atoms with Crippen LogP contribution in [0.25, 0.3) is 11.0 Å². The van der Waals surface area contributed by atoms with E-state index in [0.717, 1.165) is 68.8 Å². The zero-order valence-corrected chi connectivity index (χ0v) is 16.5. The van der Waals surface area contributed by atoms with Gasteiger partial charge in [-0.1, -0.05) is 5.16 Å². The summed E-state index contributed by atoms with van der Waals surface area (Å²) in [6.45, 7) is 3.95. The van der Waals surface area contributed by atoms with E-state index in [0.29, 0.717) is 11.5 Å². The molecule has 0 bridgehead atoms. The summed E-state index contributed by atoms with van der Waals surface area (Å²) < 4.78 is 18.7. The summed E-state index contributed by atoms with van der Waals surface area (Å²) in [6.07, 6.45) is 8.39. The molecule has 3 heterocycles. The normalized spacial score (nSPS) is 18.1. The predicted octanol–water partition coefficient (Wildman–Crippen LogP) is 3.93. The minimum Gasteiger partial charge on any atom is -0.368 e. The molecule has 0 atom stereocenters. The van der Waals surface area contributed by atoms with Crippen LogP contribution in [0.1, 0.15) is 48.6 Å². The Morgan fingerprint density at radius 2 is 2.00 bits per heavy atom. The van der Waals surface area contributed by atoms with E-state index in [-0.39, 0.29) is 5.82 Å². The molecule has 3 aromatic rings. The third-order valence-corrected chi connectivity index (χ3v) is 6.28. The van der Waals surface area contributed by atoms with E-state index in [1.807, 2.05) is 0 Å². The second-order valence-electron chi connectivity index (χ2n) is 8.11. The number of hydrogen-bond acceptors (Lipinski definition) is 6. The lowest BCUT2D eigenvalue weighted by atomic mass is 9.91. The number of rotatable bonds is 5. The Labute approximate surface area is 169 Å². The van der Waals surface area contributed by atoms with E-state index >= 15 is 0 Å². The lowest BCUT2D eigenvalue weighted by Crippen LogP contribution is -2.36. The van der Waals surface area contributed by atoms with Gasteiger partial charge in [0.15, 0.2) is 5.58 Å². The number of piperidine rings is 1. The second-order valence-corrected chi connectivity index (χ2v) is 8.11. The summed E-state index contributed by atoms with van der Waals surface area (Å²) in [7, 11) is 0. The van der Waals surface area contributed by atoms with Gasteiger partial charge in [-0.3, -0.25) is 0 Å². The number of anilines is 1. The van der Waals surface area contributed by atoms with E-state index in [1.165, 1.54) is 36.2 Å². The van der Waals surface area contributed by atoms with Crippen LogP contribution in [0.2, 0.25) is 0 Å². The SMILES string of the molecule is Fc1ccc2c(C3CCN(CCNc4ncnc5c4CCCC5)CC3)noc2c1. The van der Waals surface area contributed by atoms with Crippen molar-refractivity contribution in [1.29, 1.82) is 0 Å². The second kappa shape index (κ2) is 8.06. The summed E-state index contributed by atoms with van der Waals surface area (Å²) in [5, 5.41) is 8.72. The van der Waals surface area contributed by atoms with E-state index in [1.54, 1.807) is 12.4 Å². The van der Waals surface area contributed by atoms with E-state index in [4.69, 9.17) is 4.52 Å². The number of nitrogens with zero attached hydrogens (tertiary/aromatic N) is 4. The highest BCUT2D eigenvalue weighted by Gasteiger charge is 2.25. The van der Waals surface area contributed by atoms with Gasteiger partial charge >= 0.3 is 0 Å². The minimum absolute atomic E-state index is 0.285. The summed E-state index contributed by atoms with van der Waals surface area (Å²) in [6, 6.07) is 4.68. The molecule has 1 fully saturated rings. The van der Waals surface area contributed by atoms with Gasteiger partial charge in [-0.05, 0) is 63.7 Å². The van der Waals surface area contributed by atoms with Gasteiger partial charge in [0.25, 0.3) is 0 Å². The first-order chi connectivity index (χ1) is 14.3. The average Bonchev–Trinajstić information content (AvgIpc) is 3.17. The van der Waals surface area contributed by atoms with Crippen LogP contribution >= 0.6 is 0 Å². The topological polar surface area (TPSA) is 67.1 Å². The molecule has 29 heavy (non-hydrogen) atoms. The van der Waals surface area contributed by atoms with Gasteiger partial charge in [0, 0.05) is 41.7 Å². The zero-order valence-electron chi connectivity index (χ0n) is 16.5. The number of likely N-dealkylation sites (tertiary alicyclic amines) is 1. The van der Waals surface area contributed by atoms with E-state index in [9.17, 15) is 4.39 Å². The summed E-state index contributed by atoms with van der Waals surface area (Å²) in [5.41, 5.74) is 4.05. The number of fused-ring (bicyclic) bond motifs is 2. The first-order valence-corrected chi connectivity index (χ1v) is 10.6. The van der Waals surface area contributed by atoms with Crippen LogP contribution in [0, 0.1) is 5.82 Å². The number of nitrogens with one attached hydrogen (secondary N) is 1. The third-order valence-electron chi connectivity index (χ3n) is 6.28. The molecule has 6 nitrogen and oxygen atoms in total. The first kappa shape index (κ1) is 18.5. The van der Waals surface area contributed by atoms with Gasteiger partial charge in [0.05, 0.1) is 5.69 Å². The molecule has 152 valence electrons. The fraction of sp³-hybridized carbons (Fsp3) is 0.500. The van der Waals surface area contributed by atoms with Crippen LogP contribution in [0.15, 0.2) is 29.0 Å². The molecule has 1 N–H and O–H groups in total. The molecular weight excluding hydrogens is 369 g/mol.